The highest BCUT2D eigenvalue weighted by atomic mass is 16.7. The summed E-state index contributed by atoms with van der Waals surface area (Å²) in [4.78, 5) is 7.57. The second-order valence-electron chi connectivity index (χ2n) is 3.69. The van der Waals surface area contributed by atoms with Gasteiger partial charge in [0.25, 0.3) is 0 Å². The average Bonchev–Trinajstić information content (AvgIpc) is 2.69. The standard InChI is InChI=1S/C9H18N2O2/c1(9-2-6-13-10-9)3-11-4-7-12-8-5-11/h9-10H,1-8H2. The van der Waals surface area contributed by atoms with Crippen LogP contribution in [0.2, 0.25) is 0 Å². The van der Waals surface area contributed by atoms with Crippen molar-refractivity contribution in [2.45, 2.75) is 18.9 Å². The van der Waals surface area contributed by atoms with Crippen molar-refractivity contribution in [2.75, 3.05) is 39.5 Å². The molecule has 0 saturated carbocycles. The van der Waals surface area contributed by atoms with Gasteiger partial charge in [-0.15, -0.1) is 0 Å². The van der Waals surface area contributed by atoms with Gasteiger partial charge in [0.05, 0.1) is 19.8 Å². The molecule has 1 unspecified atom stereocenters. The van der Waals surface area contributed by atoms with E-state index in [1.165, 1.54) is 13.0 Å². The van der Waals surface area contributed by atoms with Crippen molar-refractivity contribution >= 4 is 0 Å². The van der Waals surface area contributed by atoms with Crippen LogP contribution in [0.4, 0.5) is 0 Å². The second kappa shape index (κ2) is 4.91. The Balaban J connectivity index is 1.60. The lowest BCUT2D eigenvalue weighted by atomic mass is 10.1. The molecule has 0 aromatic carbocycles. The summed E-state index contributed by atoms with van der Waals surface area (Å²) in [6, 6.07) is 0.572. The van der Waals surface area contributed by atoms with E-state index in [9.17, 15) is 0 Å². The van der Waals surface area contributed by atoms with Crippen LogP contribution >= 0.6 is 0 Å². The fourth-order valence-corrected chi connectivity index (χ4v) is 1.80. The van der Waals surface area contributed by atoms with Crippen molar-refractivity contribution < 1.29 is 9.57 Å². The summed E-state index contributed by atoms with van der Waals surface area (Å²) in [6.45, 7) is 6.02. The van der Waals surface area contributed by atoms with E-state index in [0.29, 0.717) is 6.04 Å². The van der Waals surface area contributed by atoms with Gasteiger partial charge in [-0.05, 0) is 19.4 Å². The van der Waals surface area contributed by atoms with Crippen LogP contribution in [0.1, 0.15) is 12.8 Å². The highest BCUT2D eigenvalue weighted by molar-refractivity contribution is 4.70. The largest absolute Gasteiger partial charge is 0.379 e. The zero-order valence-corrected chi connectivity index (χ0v) is 8.00. The van der Waals surface area contributed by atoms with Gasteiger partial charge in [-0.3, -0.25) is 4.90 Å². The molecule has 0 aromatic rings. The van der Waals surface area contributed by atoms with E-state index in [1.807, 2.05) is 0 Å². The van der Waals surface area contributed by atoms with Crippen LogP contribution < -0.4 is 5.48 Å². The number of nitrogens with zero attached hydrogens (tertiary/aromatic N) is 1. The number of nitrogens with one attached hydrogen (secondary N) is 1. The normalized spacial score (nSPS) is 30.9. The summed E-state index contributed by atoms with van der Waals surface area (Å²) in [5.74, 6) is 0. The first-order valence-corrected chi connectivity index (χ1v) is 5.12. The van der Waals surface area contributed by atoms with E-state index in [-0.39, 0.29) is 0 Å². The summed E-state index contributed by atoms with van der Waals surface area (Å²) in [7, 11) is 0. The van der Waals surface area contributed by atoms with E-state index >= 15 is 0 Å². The Morgan fingerprint density at radius 1 is 1.23 bits per heavy atom. The predicted molar refractivity (Wildman–Crippen MR) is 49.4 cm³/mol. The maximum Gasteiger partial charge on any atom is 0.0698 e. The lowest BCUT2D eigenvalue weighted by molar-refractivity contribution is 0.0335. The minimum atomic E-state index is 0.572. The van der Waals surface area contributed by atoms with Crippen LogP contribution in [-0.4, -0.2) is 50.4 Å². The molecule has 76 valence electrons. The number of hydrogen-bond donors (Lipinski definition) is 1. The van der Waals surface area contributed by atoms with E-state index in [2.05, 4.69) is 10.4 Å². The molecule has 1 N–H and O–H groups in total. The molecular formula is C9H18N2O2. The Labute approximate surface area is 79.1 Å². The van der Waals surface area contributed by atoms with Crippen LogP contribution in [-0.2, 0) is 9.57 Å². The van der Waals surface area contributed by atoms with Crippen molar-refractivity contribution in [3.63, 3.8) is 0 Å². The van der Waals surface area contributed by atoms with Crippen molar-refractivity contribution in [2.24, 2.45) is 0 Å². The van der Waals surface area contributed by atoms with Crippen LogP contribution in [0.5, 0.6) is 0 Å². The van der Waals surface area contributed by atoms with Gasteiger partial charge in [0, 0.05) is 19.1 Å². The Hall–Kier alpha value is -0.160. The van der Waals surface area contributed by atoms with Gasteiger partial charge in [0.15, 0.2) is 0 Å². The molecule has 2 rings (SSSR count). The van der Waals surface area contributed by atoms with Crippen molar-refractivity contribution in [1.29, 1.82) is 0 Å². The topological polar surface area (TPSA) is 33.7 Å². The van der Waals surface area contributed by atoms with Gasteiger partial charge in [-0.2, -0.15) is 5.48 Å². The average molecular weight is 186 g/mol. The zero-order chi connectivity index (χ0) is 8.93. The van der Waals surface area contributed by atoms with Gasteiger partial charge in [0.2, 0.25) is 0 Å². The predicted octanol–water partition coefficient (Wildman–Crippen LogP) is 0.00220. The SMILES string of the molecule is C1CN(CCC2CCON2)CCO1. The maximum atomic E-state index is 5.29. The first-order valence-electron chi connectivity index (χ1n) is 5.12. The molecule has 2 saturated heterocycles. The van der Waals surface area contributed by atoms with E-state index < -0.39 is 0 Å². The number of ether oxygens (including phenoxy) is 1. The molecule has 0 aromatic heterocycles. The van der Waals surface area contributed by atoms with E-state index in [0.717, 1.165) is 39.3 Å². The van der Waals surface area contributed by atoms with Crippen LogP contribution in [0, 0.1) is 0 Å². The Bertz CT molecular complexity index is 143. The zero-order valence-electron chi connectivity index (χ0n) is 8.00. The first kappa shape index (κ1) is 9.40. The third kappa shape index (κ3) is 2.91. The summed E-state index contributed by atoms with van der Waals surface area (Å²) in [6.07, 6.45) is 2.35. The highest BCUT2D eigenvalue weighted by Gasteiger charge is 2.17. The molecule has 0 aliphatic carbocycles. The number of hydrogen-bond acceptors (Lipinski definition) is 4. The van der Waals surface area contributed by atoms with Crippen LogP contribution in [0.15, 0.2) is 0 Å². The smallest absolute Gasteiger partial charge is 0.0698 e. The molecule has 0 bridgehead atoms. The molecule has 13 heavy (non-hydrogen) atoms. The fourth-order valence-electron chi connectivity index (χ4n) is 1.80. The molecule has 2 aliphatic heterocycles. The lowest BCUT2D eigenvalue weighted by Crippen LogP contribution is -2.38. The van der Waals surface area contributed by atoms with Crippen LogP contribution in [0.3, 0.4) is 0 Å². The van der Waals surface area contributed by atoms with Crippen molar-refractivity contribution in [3.8, 4) is 0 Å². The first-order chi connectivity index (χ1) is 6.45. The summed E-state index contributed by atoms with van der Waals surface area (Å²) in [5, 5.41) is 0. The molecular weight excluding hydrogens is 168 g/mol. The van der Waals surface area contributed by atoms with E-state index in [4.69, 9.17) is 9.57 Å². The van der Waals surface area contributed by atoms with Crippen molar-refractivity contribution in [1.82, 2.24) is 10.4 Å². The lowest BCUT2D eigenvalue weighted by Gasteiger charge is -2.27. The second-order valence-corrected chi connectivity index (χ2v) is 3.69. The summed E-state index contributed by atoms with van der Waals surface area (Å²) >= 11 is 0. The minimum Gasteiger partial charge on any atom is -0.379 e. The van der Waals surface area contributed by atoms with Gasteiger partial charge < -0.3 is 9.57 Å². The van der Waals surface area contributed by atoms with Gasteiger partial charge in [0.1, 0.15) is 0 Å². The van der Waals surface area contributed by atoms with Crippen LogP contribution in [0.25, 0.3) is 0 Å². The number of hydroxylamine groups is 1. The third-order valence-electron chi connectivity index (χ3n) is 2.72. The van der Waals surface area contributed by atoms with Gasteiger partial charge >= 0.3 is 0 Å². The minimum absolute atomic E-state index is 0.572. The number of rotatable bonds is 3. The van der Waals surface area contributed by atoms with Gasteiger partial charge in [-0.1, -0.05) is 0 Å². The monoisotopic (exact) mass is 186 g/mol. The summed E-state index contributed by atoms with van der Waals surface area (Å²) in [5.41, 5.74) is 3.04. The molecule has 0 amide bonds. The molecule has 2 fully saturated rings. The van der Waals surface area contributed by atoms with Gasteiger partial charge in [-0.25, -0.2) is 0 Å². The molecule has 0 spiro atoms. The maximum absolute atomic E-state index is 5.29. The molecule has 4 heteroatoms. The Kier molecular flexibility index (Phi) is 3.55. The molecule has 4 nitrogen and oxygen atoms in total. The summed E-state index contributed by atoms with van der Waals surface area (Å²) < 4.78 is 5.29. The Morgan fingerprint density at radius 3 is 2.77 bits per heavy atom. The fraction of sp³-hybridized carbons (Fsp3) is 1.00. The van der Waals surface area contributed by atoms with Crippen molar-refractivity contribution in [3.05, 3.63) is 0 Å². The quantitative estimate of drug-likeness (QED) is 0.673. The molecule has 0 radical (unpaired) electrons. The Morgan fingerprint density at radius 2 is 2.08 bits per heavy atom. The van der Waals surface area contributed by atoms with E-state index in [1.54, 1.807) is 0 Å². The molecule has 2 heterocycles. The third-order valence-corrected chi connectivity index (χ3v) is 2.72. The number of morpholine rings is 1. The highest BCUT2D eigenvalue weighted by Crippen LogP contribution is 2.07. The molecule has 2 aliphatic rings. The molecule has 1 atom stereocenters.